The van der Waals surface area contributed by atoms with Gasteiger partial charge in [-0.3, -0.25) is 0 Å². The number of rotatable bonds is 7. The van der Waals surface area contributed by atoms with Crippen LogP contribution < -0.4 is 0 Å². The maximum Gasteiger partial charge on any atom is 0.188 e. The second-order valence-electron chi connectivity index (χ2n) is 19.8. The van der Waals surface area contributed by atoms with Gasteiger partial charge >= 0.3 is 0 Å². The number of hydrogen-bond donors (Lipinski definition) is 0. The summed E-state index contributed by atoms with van der Waals surface area (Å²) in [5.74, 6) is 1.78. The average molecular weight is 1030 g/mol. The Morgan fingerprint density at radius 2 is 0.744 bits per heavy atom. The molecule has 16 rings (SSSR count). The predicted molar refractivity (Wildman–Crippen MR) is 328 cm³/mol. The molecule has 16 aromatic rings. The van der Waals surface area contributed by atoms with Crippen molar-refractivity contribution in [2.24, 2.45) is 0 Å². The summed E-state index contributed by atoms with van der Waals surface area (Å²) in [5.41, 5.74) is 13.8. The van der Waals surface area contributed by atoms with Crippen molar-refractivity contribution in [2.75, 3.05) is 0 Å². The van der Waals surface area contributed by atoms with Gasteiger partial charge < -0.3 is 9.13 Å². The quantitative estimate of drug-likeness (QED) is 0.150. The van der Waals surface area contributed by atoms with Crippen LogP contribution in [0.2, 0.25) is 0 Å². The van der Waals surface area contributed by atoms with Crippen LogP contribution in [0.4, 0.5) is 5.69 Å². The number of para-hydroxylation sites is 2. The number of aromatic nitrogens is 5. The molecule has 0 atom stereocenters. The molecule has 0 fully saturated rings. The van der Waals surface area contributed by atoms with Crippen molar-refractivity contribution < 1.29 is 0 Å². The molecule has 362 valence electrons. The minimum absolute atomic E-state index is 0.573. The van der Waals surface area contributed by atoms with E-state index in [4.69, 9.17) is 21.5 Å². The van der Waals surface area contributed by atoms with Gasteiger partial charge in [-0.2, -0.15) is 0 Å². The number of nitrogens with zero attached hydrogens (tertiary/aromatic N) is 6. The number of hydrogen-bond acceptors (Lipinski definition) is 5. The van der Waals surface area contributed by atoms with Crippen LogP contribution in [-0.2, 0) is 0 Å². The first kappa shape index (κ1) is 44.3. The normalized spacial score (nSPS) is 11.8. The SMILES string of the molecule is [C-]#[N+]c1ccc2c(c1)c1cc(-n3c4ccccc4c4ccccc43)ccc1n2-c1c(-c2ccccc2)cc(-c2nc(-c3ccc4c(c3)sc3ccccc34)nc(-c3ccc4c(c3)sc3ccccc34)n2)cc1-c1ccccc1. The van der Waals surface area contributed by atoms with Gasteiger partial charge in [-0.05, 0) is 95.4 Å². The second kappa shape index (κ2) is 17.5. The van der Waals surface area contributed by atoms with Crippen molar-refractivity contribution in [3.63, 3.8) is 0 Å². The Balaban J connectivity index is 0.967. The van der Waals surface area contributed by atoms with Gasteiger partial charge in [0.05, 0.1) is 34.3 Å². The molecule has 8 heteroatoms. The van der Waals surface area contributed by atoms with Crippen molar-refractivity contribution in [3.8, 4) is 67.8 Å². The highest BCUT2D eigenvalue weighted by molar-refractivity contribution is 7.26. The summed E-state index contributed by atoms with van der Waals surface area (Å²) < 4.78 is 9.64. The molecule has 0 saturated carbocycles. The lowest BCUT2D eigenvalue weighted by Crippen LogP contribution is -2.04. The summed E-state index contributed by atoms with van der Waals surface area (Å²) in [6, 6.07) is 86.4. The first-order chi connectivity index (χ1) is 38.6. The lowest BCUT2D eigenvalue weighted by molar-refractivity contribution is 1.07. The van der Waals surface area contributed by atoms with E-state index in [1.54, 1.807) is 22.7 Å². The highest BCUT2D eigenvalue weighted by Gasteiger charge is 2.25. The van der Waals surface area contributed by atoms with E-state index in [9.17, 15) is 0 Å². The highest BCUT2D eigenvalue weighted by Crippen LogP contribution is 2.46. The van der Waals surface area contributed by atoms with Crippen molar-refractivity contribution in [3.05, 3.63) is 254 Å². The summed E-state index contributed by atoms with van der Waals surface area (Å²) in [6.45, 7) is 8.19. The van der Waals surface area contributed by atoms with Crippen molar-refractivity contribution in [1.82, 2.24) is 24.1 Å². The number of benzene rings is 11. The van der Waals surface area contributed by atoms with Crippen LogP contribution in [0.5, 0.6) is 0 Å². The lowest BCUT2D eigenvalue weighted by Gasteiger charge is -2.21. The third-order valence-electron chi connectivity index (χ3n) is 15.4. The highest BCUT2D eigenvalue weighted by atomic mass is 32.1. The minimum Gasteiger partial charge on any atom is -0.309 e. The topological polar surface area (TPSA) is 52.9 Å². The molecule has 0 aliphatic carbocycles. The maximum absolute atomic E-state index is 8.19. The van der Waals surface area contributed by atoms with Gasteiger partial charge in [0.2, 0.25) is 0 Å². The zero-order valence-electron chi connectivity index (χ0n) is 41.6. The van der Waals surface area contributed by atoms with Gasteiger partial charge in [0.1, 0.15) is 0 Å². The Kier molecular flexibility index (Phi) is 9.94. The lowest BCUT2D eigenvalue weighted by atomic mass is 9.92. The molecule has 0 aliphatic rings. The largest absolute Gasteiger partial charge is 0.309 e. The third-order valence-corrected chi connectivity index (χ3v) is 17.6. The molecule has 78 heavy (non-hydrogen) atoms. The Morgan fingerprint density at radius 1 is 0.308 bits per heavy atom. The number of thiophene rings is 2. The van der Waals surface area contributed by atoms with E-state index < -0.39 is 0 Å². The van der Waals surface area contributed by atoms with E-state index in [1.165, 1.54) is 51.1 Å². The molecular weight excluding hydrogens is 989 g/mol. The molecule has 0 saturated heterocycles. The van der Waals surface area contributed by atoms with Crippen LogP contribution in [0.15, 0.2) is 243 Å². The smallest absolute Gasteiger partial charge is 0.188 e. The minimum atomic E-state index is 0.573. The van der Waals surface area contributed by atoms with Crippen molar-refractivity contribution in [1.29, 1.82) is 0 Å². The maximum atomic E-state index is 8.19. The van der Waals surface area contributed by atoms with Gasteiger partial charge in [0, 0.05) is 90.0 Å². The molecule has 0 amide bonds. The summed E-state index contributed by atoms with van der Waals surface area (Å²) >= 11 is 3.58. The molecule has 5 heterocycles. The first-order valence-corrected chi connectivity index (χ1v) is 27.6. The summed E-state index contributed by atoms with van der Waals surface area (Å²) in [6.07, 6.45) is 0. The third kappa shape index (κ3) is 6.96. The monoisotopic (exact) mass is 1030 g/mol. The summed E-state index contributed by atoms with van der Waals surface area (Å²) in [5, 5.41) is 9.40. The van der Waals surface area contributed by atoms with E-state index in [2.05, 4.69) is 251 Å². The predicted octanol–water partition coefficient (Wildman–Crippen LogP) is 19.7. The van der Waals surface area contributed by atoms with E-state index in [0.717, 1.165) is 83.2 Å². The summed E-state index contributed by atoms with van der Waals surface area (Å²) in [7, 11) is 0. The van der Waals surface area contributed by atoms with Crippen LogP contribution in [-0.4, -0.2) is 24.1 Å². The van der Waals surface area contributed by atoms with Gasteiger partial charge in [-0.15, -0.1) is 22.7 Å². The Labute approximate surface area is 455 Å². The second-order valence-corrected chi connectivity index (χ2v) is 22.0. The molecule has 6 nitrogen and oxygen atoms in total. The van der Waals surface area contributed by atoms with Crippen LogP contribution in [0.1, 0.15) is 0 Å². The fourth-order valence-electron chi connectivity index (χ4n) is 11.8. The van der Waals surface area contributed by atoms with Gasteiger partial charge in [0.25, 0.3) is 0 Å². The van der Waals surface area contributed by atoms with Crippen LogP contribution in [0.25, 0.3) is 157 Å². The molecule has 0 bridgehead atoms. The molecule has 11 aromatic carbocycles. The van der Waals surface area contributed by atoms with E-state index in [-0.39, 0.29) is 0 Å². The molecule has 0 N–H and O–H groups in total. The van der Waals surface area contributed by atoms with Crippen LogP contribution >= 0.6 is 22.7 Å². The molecule has 5 aromatic heterocycles. The average Bonchev–Trinajstić information content (AvgIpc) is 4.43. The van der Waals surface area contributed by atoms with E-state index in [1.807, 2.05) is 6.07 Å². The molecule has 0 spiro atoms. The Morgan fingerprint density at radius 3 is 1.28 bits per heavy atom. The molecule has 0 aliphatic heterocycles. The summed E-state index contributed by atoms with van der Waals surface area (Å²) in [4.78, 5) is 20.2. The fraction of sp³-hybridized carbons (Fsp3) is 0. The zero-order valence-corrected chi connectivity index (χ0v) is 43.2. The van der Waals surface area contributed by atoms with E-state index >= 15 is 0 Å². The molecule has 0 radical (unpaired) electrons. The van der Waals surface area contributed by atoms with E-state index in [0.29, 0.717) is 23.2 Å². The Hall–Kier alpha value is -10.0. The fourth-order valence-corrected chi connectivity index (χ4v) is 14.1. The molecular formula is C70H40N6S2. The van der Waals surface area contributed by atoms with Crippen LogP contribution in [0, 0.1) is 6.57 Å². The number of fused-ring (bicyclic) bond motifs is 12. The van der Waals surface area contributed by atoms with Crippen molar-refractivity contribution in [2.45, 2.75) is 0 Å². The Bertz CT molecular complexity index is 4930. The molecule has 0 unspecified atom stereocenters. The van der Waals surface area contributed by atoms with Gasteiger partial charge in [-0.1, -0.05) is 164 Å². The van der Waals surface area contributed by atoms with Crippen LogP contribution in [0.3, 0.4) is 0 Å². The zero-order chi connectivity index (χ0) is 51.4. The standard InChI is InChI=1S/C70H40N6S2/c1-71-47-30-34-61-57(40-47)58-41-48(75-59-24-12-8-20-49(59)50-21-9-13-25-60(50)75)31-35-62(58)76(61)67-55(42-16-4-2-5-17-42)36-46(37-56(67)43-18-6-3-7-19-43)70-73-68(44-28-32-53-51-22-10-14-26-63(51)77-65(53)38-44)72-69(74-70)45-29-33-54-52-23-11-15-27-64(52)78-66(54)39-45/h2-41H. The van der Waals surface area contributed by atoms with Crippen molar-refractivity contribution >= 4 is 112 Å². The van der Waals surface area contributed by atoms with Gasteiger partial charge in [0.15, 0.2) is 23.2 Å². The van der Waals surface area contributed by atoms with Gasteiger partial charge in [-0.25, -0.2) is 19.8 Å². The first-order valence-electron chi connectivity index (χ1n) is 25.9.